The van der Waals surface area contributed by atoms with Crippen molar-refractivity contribution in [2.75, 3.05) is 6.54 Å². The van der Waals surface area contributed by atoms with E-state index in [0.717, 1.165) is 5.56 Å². The van der Waals surface area contributed by atoms with Gasteiger partial charge in [-0.3, -0.25) is 0 Å². The van der Waals surface area contributed by atoms with Crippen molar-refractivity contribution < 1.29 is 4.39 Å². The van der Waals surface area contributed by atoms with Crippen LogP contribution < -0.4 is 5.73 Å². The topological polar surface area (TPSA) is 26.0 Å². The van der Waals surface area contributed by atoms with Gasteiger partial charge >= 0.3 is 0 Å². The van der Waals surface area contributed by atoms with Crippen LogP contribution in [0.1, 0.15) is 22.6 Å². The van der Waals surface area contributed by atoms with Crippen LogP contribution in [0.4, 0.5) is 4.39 Å². The molecule has 2 rings (SSSR count). The maximum Gasteiger partial charge on any atom is 0.144 e. The Morgan fingerprint density at radius 2 is 1.84 bits per heavy atom. The van der Waals surface area contributed by atoms with Gasteiger partial charge in [0.15, 0.2) is 0 Å². The summed E-state index contributed by atoms with van der Waals surface area (Å²) < 4.78 is 13.9. The van der Waals surface area contributed by atoms with Gasteiger partial charge in [-0.25, -0.2) is 4.39 Å². The minimum Gasteiger partial charge on any atom is -0.330 e. The average Bonchev–Trinajstić information content (AvgIpc) is 2.42. The van der Waals surface area contributed by atoms with Gasteiger partial charge in [0.1, 0.15) is 5.82 Å². The van der Waals surface area contributed by atoms with Crippen molar-refractivity contribution in [3.63, 3.8) is 0 Å². The van der Waals surface area contributed by atoms with Gasteiger partial charge in [-0.05, 0) is 37.1 Å². The second-order valence-electron chi connectivity index (χ2n) is 4.76. The quantitative estimate of drug-likeness (QED) is 0.896. The van der Waals surface area contributed by atoms with Crippen LogP contribution in [0.3, 0.4) is 0 Å². The van der Waals surface area contributed by atoms with E-state index >= 15 is 0 Å². The Kier molecular flexibility index (Phi) is 4.56. The van der Waals surface area contributed by atoms with Crippen LogP contribution in [-0.4, -0.2) is 6.54 Å². The van der Waals surface area contributed by atoms with Gasteiger partial charge in [0, 0.05) is 5.92 Å². The highest BCUT2D eigenvalue weighted by Gasteiger charge is 2.14. The minimum atomic E-state index is -0.338. The van der Waals surface area contributed by atoms with Gasteiger partial charge in [-0.15, -0.1) is 0 Å². The van der Waals surface area contributed by atoms with Crippen molar-refractivity contribution in [2.24, 2.45) is 5.73 Å². The van der Waals surface area contributed by atoms with Crippen LogP contribution in [0, 0.1) is 12.7 Å². The molecule has 0 radical (unpaired) electrons. The first-order chi connectivity index (χ1) is 9.11. The molecule has 0 amide bonds. The summed E-state index contributed by atoms with van der Waals surface area (Å²) in [5, 5.41) is 0.164. The van der Waals surface area contributed by atoms with Crippen molar-refractivity contribution in [3.05, 3.63) is 70.0 Å². The molecule has 2 aromatic carbocycles. The lowest BCUT2D eigenvalue weighted by molar-refractivity contribution is 0.591. The Morgan fingerprint density at radius 1 is 1.16 bits per heavy atom. The van der Waals surface area contributed by atoms with E-state index in [1.165, 1.54) is 5.56 Å². The molecule has 0 aromatic heterocycles. The Labute approximate surface area is 118 Å². The Hall–Kier alpha value is -1.38. The molecule has 0 aliphatic rings. The number of hydrogen-bond acceptors (Lipinski definition) is 1. The zero-order chi connectivity index (χ0) is 13.8. The number of rotatable bonds is 4. The molecule has 19 heavy (non-hydrogen) atoms. The number of aryl methyl sites for hydroxylation is 1. The molecule has 0 bridgehead atoms. The zero-order valence-corrected chi connectivity index (χ0v) is 11.6. The molecule has 1 atom stereocenters. The van der Waals surface area contributed by atoms with Crippen molar-refractivity contribution in [1.29, 1.82) is 0 Å². The fourth-order valence-corrected chi connectivity index (χ4v) is 2.34. The van der Waals surface area contributed by atoms with E-state index < -0.39 is 0 Å². The highest BCUT2D eigenvalue weighted by molar-refractivity contribution is 6.30. The number of hydrogen-bond donors (Lipinski definition) is 1. The van der Waals surface area contributed by atoms with Gasteiger partial charge in [-0.1, -0.05) is 53.6 Å². The third kappa shape index (κ3) is 3.34. The van der Waals surface area contributed by atoms with E-state index in [2.05, 4.69) is 12.1 Å². The second-order valence-corrected chi connectivity index (χ2v) is 5.17. The largest absolute Gasteiger partial charge is 0.330 e. The Morgan fingerprint density at radius 3 is 2.47 bits per heavy atom. The molecule has 100 valence electrons. The van der Waals surface area contributed by atoms with Crippen LogP contribution in [0.25, 0.3) is 0 Å². The molecule has 2 aromatic rings. The van der Waals surface area contributed by atoms with Gasteiger partial charge in [0.25, 0.3) is 0 Å². The molecule has 1 unspecified atom stereocenters. The SMILES string of the molecule is Cc1ccc(C(CN)Cc2cccc(Cl)c2F)cc1. The van der Waals surface area contributed by atoms with Crippen molar-refractivity contribution >= 4 is 11.6 Å². The Balaban J connectivity index is 2.24. The molecule has 0 saturated carbocycles. The monoisotopic (exact) mass is 277 g/mol. The lowest BCUT2D eigenvalue weighted by Crippen LogP contribution is -2.15. The molecule has 0 fully saturated rings. The number of halogens is 2. The smallest absolute Gasteiger partial charge is 0.144 e. The molecule has 1 nitrogen and oxygen atoms in total. The zero-order valence-electron chi connectivity index (χ0n) is 10.9. The summed E-state index contributed by atoms with van der Waals surface area (Å²) in [6.45, 7) is 2.52. The maximum absolute atomic E-state index is 13.9. The molecule has 0 aliphatic carbocycles. The molecule has 0 aliphatic heterocycles. The van der Waals surface area contributed by atoms with Crippen LogP contribution in [-0.2, 0) is 6.42 Å². The highest BCUT2D eigenvalue weighted by atomic mass is 35.5. The fourth-order valence-electron chi connectivity index (χ4n) is 2.15. The number of benzene rings is 2. The fraction of sp³-hybridized carbons (Fsp3) is 0.250. The summed E-state index contributed by atoms with van der Waals surface area (Å²) >= 11 is 5.80. The van der Waals surface area contributed by atoms with Crippen LogP contribution in [0.5, 0.6) is 0 Å². The molecule has 3 heteroatoms. The Bertz CT molecular complexity index is 551. The van der Waals surface area contributed by atoms with Gasteiger partial charge < -0.3 is 5.73 Å². The first kappa shape index (κ1) is 14.0. The minimum absolute atomic E-state index is 0.105. The molecule has 2 N–H and O–H groups in total. The van der Waals surface area contributed by atoms with Crippen LogP contribution in [0.15, 0.2) is 42.5 Å². The summed E-state index contributed by atoms with van der Waals surface area (Å²) in [6, 6.07) is 13.3. The van der Waals surface area contributed by atoms with Crippen LogP contribution >= 0.6 is 11.6 Å². The first-order valence-electron chi connectivity index (χ1n) is 6.31. The normalized spacial score (nSPS) is 12.4. The lowest BCUT2D eigenvalue weighted by Gasteiger charge is -2.16. The van der Waals surface area contributed by atoms with E-state index in [9.17, 15) is 4.39 Å². The third-order valence-corrected chi connectivity index (χ3v) is 3.62. The summed E-state index contributed by atoms with van der Waals surface area (Å²) in [7, 11) is 0. The molecule has 0 heterocycles. The predicted octanol–water partition coefficient (Wildman–Crippen LogP) is 4.07. The van der Waals surface area contributed by atoms with E-state index in [1.54, 1.807) is 18.2 Å². The highest BCUT2D eigenvalue weighted by Crippen LogP contribution is 2.25. The van der Waals surface area contributed by atoms with Crippen molar-refractivity contribution in [3.8, 4) is 0 Å². The summed E-state index contributed by atoms with van der Waals surface area (Å²) in [6.07, 6.45) is 0.561. The molecule has 0 saturated heterocycles. The standard InChI is InChI=1S/C16H17ClFN/c1-11-5-7-12(8-6-11)14(10-19)9-13-3-2-4-15(17)16(13)18/h2-8,14H,9-10,19H2,1H3. The first-order valence-corrected chi connectivity index (χ1v) is 6.69. The lowest BCUT2D eigenvalue weighted by atomic mass is 9.91. The predicted molar refractivity (Wildman–Crippen MR) is 78.1 cm³/mol. The van der Waals surface area contributed by atoms with E-state index in [1.807, 2.05) is 19.1 Å². The third-order valence-electron chi connectivity index (χ3n) is 3.33. The van der Waals surface area contributed by atoms with Gasteiger partial charge in [0.05, 0.1) is 5.02 Å². The maximum atomic E-state index is 13.9. The molecular weight excluding hydrogens is 261 g/mol. The van der Waals surface area contributed by atoms with Gasteiger partial charge in [0.2, 0.25) is 0 Å². The molecular formula is C16H17ClFN. The summed E-state index contributed by atoms with van der Waals surface area (Å²) in [5.41, 5.74) is 8.77. The van der Waals surface area contributed by atoms with E-state index in [4.69, 9.17) is 17.3 Å². The van der Waals surface area contributed by atoms with Crippen LogP contribution in [0.2, 0.25) is 5.02 Å². The summed E-state index contributed by atoms with van der Waals surface area (Å²) in [5.74, 6) is -0.233. The van der Waals surface area contributed by atoms with E-state index in [0.29, 0.717) is 18.5 Å². The summed E-state index contributed by atoms with van der Waals surface area (Å²) in [4.78, 5) is 0. The average molecular weight is 278 g/mol. The number of nitrogens with two attached hydrogens (primary N) is 1. The van der Waals surface area contributed by atoms with Crippen molar-refractivity contribution in [2.45, 2.75) is 19.3 Å². The second kappa shape index (κ2) is 6.18. The molecule has 0 spiro atoms. The van der Waals surface area contributed by atoms with Crippen molar-refractivity contribution in [1.82, 2.24) is 0 Å². The van der Waals surface area contributed by atoms with Gasteiger partial charge in [-0.2, -0.15) is 0 Å². The van der Waals surface area contributed by atoms with E-state index in [-0.39, 0.29) is 16.8 Å².